The third-order valence-electron chi connectivity index (χ3n) is 3.56. The maximum atomic E-state index is 12.7. The van der Waals surface area contributed by atoms with Gasteiger partial charge < -0.3 is 10.0 Å². The van der Waals surface area contributed by atoms with Crippen molar-refractivity contribution in [2.45, 2.75) is 33.2 Å². The van der Waals surface area contributed by atoms with Crippen LogP contribution in [0.2, 0.25) is 10.0 Å². The fraction of sp³-hybridized carbons (Fsp3) is 0.375. The highest BCUT2D eigenvalue weighted by Gasteiger charge is 2.25. The normalized spacial score (nSPS) is 11.0. The average molecular weight is 385 g/mol. The summed E-state index contributed by atoms with van der Waals surface area (Å²) in [6.07, 6.45) is -0.153. The van der Waals surface area contributed by atoms with Gasteiger partial charge in [0.15, 0.2) is 0 Å². The van der Waals surface area contributed by atoms with Gasteiger partial charge in [0.05, 0.1) is 16.5 Å². The quantitative estimate of drug-likeness (QED) is 0.825. The first-order valence-corrected chi connectivity index (χ1v) is 8.38. The predicted octanol–water partition coefficient (Wildman–Crippen LogP) is 3.21. The number of aliphatic carboxylic acids is 1. The summed E-state index contributed by atoms with van der Waals surface area (Å²) in [5.74, 6) is -1.01. The van der Waals surface area contributed by atoms with E-state index in [-0.39, 0.29) is 24.8 Å². The summed E-state index contributed by atoms with van der Waals surface area (Å²) >= 11 is 12.4. The summed E-state index contributed by atoms with van der Waals surface area (Å²) in [7, 11) is 0. The Morgan fingerprint density at radius 3 is 2.40 bits per heavy atom. The van der Waals surface area contributed by atoms with Crippen molar-refractivity contribution in [2.24, 2.45) is 0 Å². The Kier molecular flexibility index (Phi) is 6.02. The molecule has 0 saturated heterocycles. The van der Waals surface area contributed by atoms with E-state index in [0.717, 1.165) is 0 Å². The van der Waals surface area contributed by atoms with Crippen LogP contribution in [-0.2, 0) is 4.79 Å². The average Bonchev–Trinajstić information content (AvgIpc) is 2.88. The lowest BCUT2D eigenvalue weighted by molar-refractivity contribution is -0.137. The first-order chi connectivity index (χ1) is 11.7. The fourth-order valence-electron chi connectivity index (χ4n) is 2.32. The second-order valence-corrected chi connectivity index (χ2v) is 6.52. The van der Waals surface area contributed by atoms with Crippen LogP contribution in [0.15, 0.2) is 18.2 Å². The number of nitrogens with zero attached hydrogens (tertiary/aromatic N) is 4. The zero-order chi connectivity index (χ0) is 18.7. The topological polar surface area (TPSA) is 88.3 Å². The Hall–Kier alpha value is -2.12. The van der Waals surface area contributed by atoms with Crippen molar-refractivity contribution in [1.29, 1.82) is 0 Å². The predicted molar refractivity (Wildman–Crippen MR) is 94.5 cm³/mol. The highest BCUT2D eigenvalue weighted by atomic mass is 35.5. The third-order valence-corrected chi connectivity index (χ3v) is 4.17. The summed E-state index contributed by atoms with van der Waals surface area (Å²) in [6.45, 7) is 5.36. The molecule has 0 unspecified atom stereocenters. The number of para-hydroxylation sites is 1. The second kappa shape index (κ2) is 7.84. The number of rotatable bonds is 6. The van der Waals surface area contributed by atoms with Crippen LogP contribution in [0.1, 0.15) is 36.7 Å². The number of amides is 1. The molecule has 1 aromatic carbocycles. The largest absolute Gasteiger partial charge is 0.481 e. The first kappa shape index (κ1) is 19.2. The minimum atomic E-state index is -0.976. The van der Waals surface area contributed by atoms with E-state index in [2.05, 4.69) is 10.1 Å². The summed E-state index contributed by atoms with van der Waals surface area (Å²) < 4.78 is 1.41. The molecule has 0 fully saturated rings. The van der Waals surface area contributed by atoms with Crippen LogP contribution in [0.25, 0.3) is 5.69 Å². The molecule has 1 aromatic heterocycles. The maximum absolute atomic E-state index is 12.7. The SMILES string of the molecule is Cc1nc(C(=O)N(CCC(=O)O)C(C)C)nn1-c1c(Cl)cccc1Cl. The smallest absolute Gasteiger partial charge is 0.305 e. The van der Waals surface area contributed by atoms with Crippen molar-refractivity contribution in [3.63, 3.8) is 0 Å². The zero-order valence-corrected chi connectivity index (χ0v) is 15.5. The van der Waals surface area contributed by atoms with Gasteiger partial charge >= 0.3 is 5.97 Å². The van der Waals surface area contributed by atoms with Crippen LogP contribution in [0.4, 0.5) is 0 Å². The molecule has 0 spiro atoms. The van der Waals surface area contributed by atoms with E-state index in [1.165, 1.54) is 9.58 Å². The molecule has 1 heterocycles. The van der Waals surface area contributed by atoms with Crippen molar-refractivity contribution in [2.75, 3.05) is 6.54 Å². The van der Waals surface area contributed by atoms with Gasteiger partial charge in [0.1, 0.15) is 11.5 Å². The van der Waals surface area contributed by atoms with Crippen LogP contribution in [-0.4, -0.2) is 49.2 Å². The molecule has 0 atom stereocenters. The molecule has 25 heavy (non-hydrogen) atoms. The molecule has 7 nitrogen and oxygen atoms in total. The Morgan fingerprint density at radius 1 is 1.28 bits per heavy atom. The van der Waals surface area contributed by atoms with E-state index >= 15 is 0 Å². The monoisotopic (exact) mass is 384 g/mol. The lowest BCUT2D eigenvalue weighted by Gasteiger charge is -2.24. The second-order valence-electron chi connectivity index (χ2n) is 5.70. The molecular formula is C16H18Cl2N4O3. The van der Waals surface area contributed by atoms with Crippen LogP contribution < -0.4 is 0 Å². The number of carbonyl (C=O) groups is 2. The number of benzene rings is 1. The van der Waals surface area contributed by atoms with Crippen molar-refractivity contribution in [3.05, 3.63) is 39.9 Å². The van der Waals surface area contributed by atoms with Crippen LogP contribution in [0.5, 0.6) is 0 Å². The Balaban J connectivity index is 2.38. The summed E-state index contributed by atoms with van der Waals surface area (Å²) in [4.78, 5) is 29.1. The molecule has 0 radical (unpaired) electrons. The van der Waals surface area contributed by atoms with Gasteiger partial charge in [0.2, 0.25) is 5.82 Å². The summed E-state index contributed by atoms with van der Waals surface area (Å²) in [5.41, 5.74) is 0.441. The minimum absolute atomic E-state index is 0.0347. The standard InChI is InChI=1S/C16H18Cl2N4O3/c1-9(2)21(8-7-13(23)24)16(25)15-19-10(3)22(20-15)14-11(17)5-4-6-12(14)18/h4-6,9H,7-8H2,1-3H3,(H,23,24). The fourth-order valence-corrected chi connectivity index (χ4v) is 2.88. The van der Waals surface area contributed by atoms with E-state index in [1.54, 1.807) is 39.0 Å². The first-order valence-electron chi connectivity index (χ1n) is 7.63. The zero-order valence-electron chi connectivity index (χ0n) is 14.0. The Morgan fingerprint density at radius 2 is 1.88 bits per heavy atom. The van der Waals surface area contributed by atoms with E-state index < -0.39 is 11.9 Å². The molecular weight excluding hydrogens is 367 g/mol. The van der Waals surface area contributed by atoms with Gasteiger partial charge in [0, 0.05) is 12.6 Å². The number of aromatic nitrogens is 3. The van der Waals surface area contributed by atoms with Crippen LogP contribution in [0, 0.1) is 6.92 Å². The molecule has 9 heteroatoms. The van der Waals surface area contributed by atoms with Gasteiger partial charge in [-0.05, 0) is 32.9 Å². The van der Waals surface area contributed by atoms with Crippen molar-refractivity contribution in [1.82, 2.24) is 19.7 Å². The Labute approximate surface area is 155 Å². The van der Waals surface area contributed by atoms with Gasteiger partial charge in [-0.2, -0.15) is 0 Å². The molecule has 0 saturated carbocycles. The molecule has 0 aliphatic carbocycles. The van der Waals surface area contributed by atoms with E-state index in [9.17, 15) is 9.59 Å². The van der Waals surface area contributed by atoms with Gasteiger partial charge in [-0.3, -0.25) is 9.59 Å². The molecule has 134 valence electrons. The molecule has 1 amide bonds. The number of carbonyl (C=O) groups excluding carboxylic acids is 1. The lowest BCUT2D eigenvalue weighted by Crippen LogP contribution is -2.39. The summed E-state index contributed by atoms with van der Waals surface area (Å²) in [5, 5.41) is 13.8. The van der Waals surface area contributed by atoms with Gasteiger partial charge in [0.25, 0.3) is 5.91 Å². The van der Waals surface area contributed by atoms with Gasteiger partial charge in [-0.25, -0.2) is 9.67 Å². The van der Waals surface area contributed by atoms with Crippen molar-refractivity contribution >= 4 is 35.1 Å². The van der Waals surface area contributed by atoms with E-state index in [4.69, 9.17) is 28.3 Å². The van der Waals surface area contributed by atoms with Crippen LogP contribution >= 0.6 is 23.2 Å². The molecule has 2 rings (SSSR count). The molecule has 1 N–H and O–H groups in total. The minimum Gasteiger partial charge on any atom is -0.481 e. The van der Waals surface area contributed by atoms with Crippen molar-refractivity contribution < 1.29 is 14.7 Å². The number of hydrogen-bond donors (Lipinski definition) is 1. The van der Waals surface area contributed by atoms with Gasteiger partial charge in [-0.1, -0.05) is 29.3 Å². The number of aryl methyl sites for hydroxylation is 1. The summed E-state index contributed by atoms with van der Waals surface area (Å²) in [6, 6.07) is 4.85. The molecule has 0 bridgehead atoms. The van der Waals surface area contributed by atoms with Crippen molar-refractivity contribution in [3.8, 4) is 5.69 Å². The number of carboxylic acids is 1. The maximum Gasteiger partial charge on any atom is 0.305 e. The van der Waals surface area contributed by atoms with E-state index in [0.29, 0.717) is 21.6 Å². The lowest BCUT2D eigenvalue weighted by atomic mass is 10.2. The molecule has 2 aromatic rings. The van der Waals surface area contributed by atoms with E-state index in [1.807, 2.05) is 0 Å². The number of halogens is 2. The molecule has 0 aliphatic heterocycles. The number of carboxylic acid groups (broad SMARTS) is 1. The highest BCUT2D eigenvalue weighted by Crippen LogP contribution is 2.28. The van der Waals surface area contributed by atoms with Crippen LogP contribution in [0.3, 0.4) is 0 Å². The highest BCUT2D eigenvalue weighted by molar-refractivity contribution is 6.37. The molecule has 0 aliphatic rings. The third kappa shape index (κ3) is 4.29. The van der Waals surface area contributed by atoms with Gasteiger partial charge in [-0.15, -0.1) is 5.10 Å². The number of hydrogen-bond acceptors (Lipinski definition) is 4. The Bertz CT molecular complexity index is 784.